The molecule has 1 aromatic heterocycles. The average Bonchev–Trinajstić information content (AvgIpc) is 3.31. The number of ether oxygens (including phenoxy) is 2. The van der Waals surface area contributed by atoms with Gasteiger partial charge in [0.1, 0.15) is 23.3 Å². The molecule has 2 aliphatic rings. The zero-order valence-corrected chi connectivity index (χ0v) is 22.1. The second-order valence-electron chi connectivity index (χ2n) is 10.4. The molecule has 0 spiro atoms. The molecule has 0 radical (unpaired) electrons. The maximum atomic E-state index is 14.6. The molecule has 1 fully saturated rings. The number of carbonyl (C=O) groups excluding carboxylic acids is 1. The fourth-order valence-corrected chi connectivity index (χ4v) is 6.00. The lowest BCUT2D eigenvalue weighted by molar-refractivity contribution is -0.139. The summed E-state index contributed by atoms with van der Waals surface area (Å²) in [6, 6.07) is 6.89. The van der Waals surface area contributed by atoms with Crippen molar-refractivity contribution >= 4 is 23.1 Å². The number of benzene rings is 2. The van der Waals surface area contributed by atoms with E-state index >= 15 is 0 Å². The van der Waals surface area contributed by atoms with Gasteiger partial charge in [-0.3, -0.25) is 4.79 Å². The Bertz CT molecular complexity index is 1380. The molecular weight excluding hydrogens is 489 g/mol. The van der Waals surface area contributed by atoms with Crippen molar-refractivity contribution in [3.63, 3.8) is 0 Å². The lowest BCUT2D eigenvalue weighted by Crippen LogP contribution is -2.35. The summed E-state index contributed by atoms with van der Waals surface area (Å²) < 4.78 is 27.1. The topological polar surface area (TPSA) is 93.9 Å². The third kappa shape index (κ3) is 4.70. The molecule has 2 heterocycles. The van der Waals surface area contributed by atoms with Gasteiger partial charge in [-0.25, -0.2) is 14.2 Å². The summed E-state index contributed by atoms with van der Waals surface area (Å²) in [6.07, 6.45) is 5.67. The van der Waals surface area contributed by atoms with Crippen LogP contribution in [0.3, 0.4) is 0 Å². The predicted molar refractivity (Wildman–Crippen MR) is 140 cm³/mol. The molecule has 8 nitrogen and oxygen atoms in total. The van der Waals surface area contributed by atoms with E-state index in [1.165, 1.54) is 26.7 Å². The van der Waals surface area contributed by atoms with Crippen LogP contribution in [-0.4, -0.2) is 52.4 Å². The van der Waals surface area contributed by atoms with Crippen LogP contribution in [0.15, 0.2) is 24.3 Å². The van der Waals surface area contributed by atoms with Gasteiger partial charge in [-0.05, 0) is 55.5 Å². The number of fused-ring (bicyclic) bond motifs is 3. The van der Waals surface area contributed by atoms with Crippen molar-refractivity contribution in [3.8, 4) is 5.75 Å². The molecule has 2 aromatic carbocycles. The van der Waals surface area contributed by atoms with E-state index < -0.39 is 17.7 Å². The summed E-state index contributed by atoms with van der Waals surface area (Å²) in [5.74, 6) is -1.14. The number of carboxylic acid groups (broad SMARTS) is 1. The molecule has 1 aliphatic heterocycles. The normalized spacial score (nSPS) is 16.8. The molecule has 1 atom stereocenters. The van der Waals surface area contributed by atoms with Gasteiger partial charge in [0, 0.05) is 30.1 Å². The van der Waals surface area contributed by atoms with Crippen LogP contribution < -0.4 is 4.74 Å². The minimum absolute atomic E-state index is 0.0933. The molecule has 1 N–H and O–H groups in total. The molecule has 0 saturated heterocycles. The van der Waals surface area contributed by atoms with Crippen molar-refractivity contribution in [3.05, 3.63) is 58.2 Å². The summed E-state index contributed by atoms with van der Waals surface area (Å²) in [7, 11) is 2.84. The van der Waals surface area contributed by atoms with Crippen LogP contribution >= 0.6 is 0 Å². The maximum Gasteiger partial charge on any atom is 0.409 e. The first-order chi connectivity index (χ1) is 18.3. The van der Waals surface area contributed by atoms with E-state index in [0.717, 1.165) is 53.7 Å². The van der Waals surface area contributed by atoms with E-state index in [9.17, 15) is 19.1 Å². The van der Waals surface area contributed by atoms with E-state index in [0.29, 0.717) is 36.4 Å². The smallest absolute Gasteiger partial charge is 0.409 e. The highest BCUT2D eigenvalue weighted by Gasteiger charge is 2.32. The summed E-state index contributed by atoms with van der Waals surface area (Å²) >= 11 is 0. The van der Waals surface area contributed by atoms with Crippen LogP contribution in [0, 0.1) is 12.7 Å². The lowest BCUT2D eigenvalue weighted by atomic mass is 9.88. The number of rotatable bonds is 6. The molecule has 1 saturated carbocycles. The SMILES string of the molecule is COC(=O)N1CCc2ccc3c(nc(C4CCCCC4)n3C[C@H](C(=O)O)c3cc(F)c(C)cc3OC)c2C1. The lowest BCUT2D eigenvalue weighted by Gasteiger charge is -2.27. The molecule has 5 rings (SSSR count). The average molecular weight is 524 g/mol. The first-order valence-corrected chi connectivity index (χ1v) is 13.2. The van der Waals surface area contributed by atoms with E-state index in [-0.39, 0.29) is 18.6 Å². The van der Waals surface area contributed by atoms with E-state index in [1.807, 2.05) is 10.6 Å². The largest absolute Gasteiger partial charge is 0.496 e. The minimum atomic E-state index is -1.06. The Labute approximate surface area is 221 Å². The highest BCUT2D eigenvalue weighted by Crippen LogP contribution is 2.38. The Kier molecular flexibility index (Phi) is 7.27. The summed E-state index contributed by atoms with van der Waals surface area (Å²) in [4.78, 5) is 31.7. The molecule has 202 valence electrons. The van der Waals surface area contributed by atoms with Crippen LogP contribution in [0.25, 0.3) is 11.0 Å². The van der Waals surface area contributed by atoms with Crippen LogP contribution in [0.5, 0.6) is 5.75 Å². The van der Waals surface area contributed by atoms with Crippen LogP contribution in [0.4, 0.5) is 9.18 Å². The van der Waals surface area contributed by atoms with Gasteiger partial charge in [0.25, 0.3) is 0 Å². The molecular formula is C29H34FN3O5. The standard InChI is InChI=1S/C29H34FN3O5/c1-17-13-25(37-2)20(14-23(17)30)22(28(34)35)16-33-24-10-9-18-11-12-32(29(36)38-3)15-21(18)26(24)31-27(33)19-7-5-4-6-8-19/h9-10,13-14,19,22H,4-8,11-12,15-16H2,1-3H3,(H,34,35)/t22-/m0/s1. The van der Waals surface area contributed by atoms with Crippen molar-refractivity contribution in [2.45, 2.75) is 70.4 Å². The van der Waals surface area contributed by atoms with E-state index in [1.54, 1.807) is 17.9 Å². The number of halogens is 1. The van der Waals surface area contributed by atoms with Crippen molar-refractivity contribution in [2.75, 3.05) is 20.8 Å². The molecule has 9 heteroatoms. The van der Waals surface area contributed by atoms with Gasteiger partial charge in [0.2, 0.25) is 0 Å². The highest BCUT2D eigenvalue weighted by molar-refractivity contribution is 5.83. The quantitative estimate of drug-likeness (QED) is 0.456. The fourth-order valence-electron chi connectivity index (χ4n) is 6.00. The third-order valence-corrected chi connectivity index (χ3v) is 8.10. The number of aromatic nitrogens is 2. The van der Waals surface area contributed by atoms with Gasteiger partial charge in [-0.2, -0.15) is 0 Å². The zero-order valence-electron chi connectivity index (χ0n) is 22.1. The second-order valence-corrected chi connectivity index (χ2v) is 10.4. The number of hydrogen-bond donors (Lipinski definition) is 1. The number of carbonyl (C=O) groups is 2. The van der Waals surface area contributed by atoms with E-state index in [4.69, 9.17) is 14.5 Å². The van der Waals surface area contributed by atoms with Gasteiger partial charge in [0.05, 0.1) is 31.8 Å². The van der Waals surface area contributed by atoms with E-state index in [2.05, 4.69) is 6.07 Å². The number of aliphatic carboxylic acids is 1. The first-order valence-electron chi connectivity index (χ1n) is 13.2. The molecule has 1 aliphatic carbocycles. The van der Waals surface area contributed by atoms with Gasteiger partial charge in [0.15, 0.2) is 0 Å². The summed E-state index contributed by atoms with van der Waals surface area (Å²) in [5.41, 5.74) is 4.42. The van der Waals surface area contributed by atoms with Crippen LogP contribution in [-0.2, 0) is 29.0 Å². The number of amides is 1. The predicted octanol–water partition coefficient (Wildman–Crippen LogP) is 5.53. The van der Waals surface area contributed by atoms with Crippen molar-refractivity contribution in [2.24, 2.45) is 0 Å². The molecule has 0 bridgehead atoms. The van der Waals surface area contributed by atoms with Gasteiger partial charge < -0.3 is 24.0 Å². The number of nitrogens with zero attached hydrogens (tertiary/aromatic N) is 3. The first kappa shape index (κ1) is 26.0. The Balaban J connectivity index is 1.65. The number of imidazole rings is 1. The van der Waals surface area contributed by atoms with Gasteiger partial charge in [-0.1, -0.05) is 25.3 Å². The number of carboxylic acids is 1. The van der Waals surface area contributed by atoms with Crippen molar-refractivity contribution < 1.29 is 28.6 Å². The summed E-state index contributed by atoms with van der Waals surface area (Å²) in [5, 5.41) is 10.3. The maximum absolute atomic E-state index is 14.6. The Morgan fingerprint density at radius 3 is 2.63 bits per heavy atom. The number of methoxy groups -OCH3 is 2. The van der Waals surface area contributed by atoms with Gasteiger partial charge in [-0.15, -0.1) is 0 Å². The highest BCUT2D eigenvalue weighted by atomic mass is 19.1. The van der Waals surface area contributed by atoms with Gasteiger partial charge >= 0.3 is 12.1 Å². The number of aryl methyl sites for hydroxylation is 1. The Morgan fingerprint density at radius 2 is 1.95 bits per heavy atom. The molecule has 1 amide bonds. The fraction of sp³-hybridized carbons (Fsp3) is 0.483. The monoisotopic (exact) mass is 523 g/mol. The van der Waals surface area contributed by atoms with Crippen LogP contribution in [0.1, 0.15) is 72.0 Å². The molecule has 38 heavy (non-hydrogen) atoms. The number of hydrogen-bond acceptors (Lipinski definition) is 5. The molecule has 0 unspecified atom stereocenters. The Hall–Kier alpha value is -3.62. The minimum Gasteiger partial charge on any atom is -0.496 e. The third-order valence-electron chi connectivity index (χ3n) is 8.10. The second kappa shape index (κ2) is 10.6. The summed E-state index contributed by atoms with van der Waals surface area (Å²) in [6.45, 7) is 2.68. The molecule has 3 aromatic rings. The zero-order chi connectivity index (χ0) is 27.0. The van der Waals surface area contributed by atoms with Crippen molar-refractivity contribution in [1.82, 2.24) is 14.5 Å². The Morgan fingerprint density at radius 1 is 1.18 bits per heavy atom. The van der Waals surface area contributed by atoms with Crippen molar-refractivity contribution in [1.29, 1.82) is 0 Å². The van der Waals surface area contributed by atoms with Crippen LogP contribution in [0.2, 0.25) is 0 Å².